The Labute approximate surface area is 94.6 Å². The molecule has 7 nitrogen and oxygen atoms in total. The maximum absolute atomic E-state index is 11.6. The Bertz CT molecular complexity index is 365. The van der Waals surface area contributed by atoms with Crippen LogP contribution >= 0.6 is 0 Å². The first kappa shape index (κ1) is 13.2. The smallest absolute Gasteiger partial charge is 0.421 e. The Morgan fingerprint density at radius 2 is 2.19 bits per heavy atom. The number of nitrogens with zero attached hydrogens (tertiary/aromatic N) is 1. The summed E-state index contributed by atoms with van der Waals surface area (Å²) >= 11 is 0. The van der Waals surface area contributed by atoms with E-state index in [-0.39, 0.29) is 13.1 Å². The van der Waals surface area contributed by atoms with Crippen molar-refractivity contribution in [1.82, 2.24) is 9.03 Å². The van der Waals surface area contributed by atoms with Crippen LogP contribution in [-0.4, -0.2) is 49.7 Å². The van der Waals surface area contributed by atoms with Gasteiger partial charge in [-0.25, -0.2) is 9.52 Å². The van der Waals surface area contributed by atoms with Gasteiger partial charge in [-0.1, -0.05) is 0 Å². The highest BCUT2D eigenvalue weighted by atomic mass is 32.2. The largest absolute Gasteiger partial charge is 0.452 e. The fraction of sp³-hybridized carbons (Fsp3) is 0.875. The summed E-state index contributed by atoms with van der Waals surface area (Å²) < 4.78 is 30.3. The molecule has 94 valence electrons. The lowest BCUT2D eigenvalue weighted by Crippen LogP contribution is -2.52. The number of piperidine rings is 1. The highest BCUT2D eigenvalue weighted by Gasteiger charge is 2.35. The standard InChI is InChI=1S/C8H16N2O5S/c1-8(12)4-3-5-10(6-8)16(13,14)9-7(11)15-2/h12H,3-6H2,1-2H3,(H,9,11). The molecule has 1 aliphatic heterocycles. The number of amides is 1. The summed E-state index contributed by atoms with van der Waals surface area (Å²) in [6.07, 6.45) is 0.0528. The predicted molar refractivity (Wildman–Crippen MR) is 55.9 cm³/mol. The summed E-state index contributed by atoms with van der Waals surface area (Å²) in [6.45, 7) is 1.81. The van der Waals surface area contributed by atoms with Crippen LogP contribution in [0.25, 0.3) is 0 Å². The number of carbonyl (C=O) groups is 1. The molecule has 8 heteroatoms. The molecule has 1 heterocycles. The van der Waals surface area contributed by atoms with Gasteiger partial charge in [-0.3, -0.25) is 0 Å². The summed E-state index contributed by atoms with van der Waals surface area (Å²) in [5.74, 6) is 0. The van der Waals surface area contributed by atoms with E-state index < -0.39 is 21.9 Å². The zero-order chi connectivity index (χ0) is 12.4. The second-order valence-electron chi connectivity index (χ2n) is 4.03. The van der Waals surface area contributed by atoms with Crippen LogP contribution in [0.5, 0.6) is 0 Å². The molecule has 1 unspecified atom stereocenters. The first-order chi connectivity index (χ1) is 7.27. The first-order valence-corrected chi connectivity index (χ1v) is 6.29. The Balaban J connectivity index is 2.72. The molecule has 0 aromatic carbocycles. The van der Waals surface area contributed by atoms with Crippen LogP contribution in [0.2, 0.25) is 0 Å². The lowest BCUT2D eigenvalue weighted by molar-refractivity contribution is 0.00904. The van der Waals surface area contributed by atoms with Crippen molar-refractivity contribution >= 4 is 16.3 Å². The van der Waals surface area contributed by atoms with Crippen molar-refractivity contribution in [3.05, 3.63) is 0 Å². The average molecular weight is 252 g/mol. The van der Waals surface area contributed by atoms with E-state index in [1.54, 1.807) is 11.6 Å². The molecule has 0 spiro atoms. The van der Waals surface area contributed by atoms with Gasteiger partial charge in [0.25, 0.3) is 0 Å². The second kappa shape index (κ2) is 4.56. The highest BCUT2D eigenvalue weighted by molar-refractivity contribution is 7.87. The van der Waals surface area contributed by atoms with Crippen molar-refractivity contribution < 1.29 is 23.1 Å². The van der Waals surface area contributed by atoms with Gasteiger partial charge >= 0.3 is 16.3 Å². The normalized spacial score (nSPS) is 27.4. The van der Waals surface area contributed by atoms with Gasteiger partial charge in [0.2, 0.25) is 0 Å². The number of β-amino-alcohol motifs (C(OH)–C–C–N with tert-alkyl or cyclic N) is 1. The third-order valence-corrected chi connectivity index (χ3v) is 3.79. The SMILES string of the molecule is COC(=O)NS(=O)(=O)N1CCCC(C)(O)C1. The molecule has 0 bridgehead atoms. The van der Waals surface area contributed by atoms with Gasteiger partial charge in [0.05, 0.1) is 12.7 Å². The van der Waals surface area contributed by atoms with Crippen LogP contribution in [0.3, 0.4) is 0 Å². The summed E-state index contributed by atoms with van der Waals surface area (Å²) in [7, 11) is -2.84. The van der Waals surface area contributed by atoms with E-state index in [0.717, 1.165) is 11.4 Å². The number of hydrogen-bond acceptors (Lipinski definition) is 5. The number of carbonyl (C=O) groups excluding carboxylic acids is 1. The molecule has 1 aliphatic rings. The topological polar surface area (TPSA) is 95.9 Å². The van der Waals surface area contributed by atoms with Crippen LogP contribution in [0.4, 0.5) is 4.79 Å². The highest BCUT2D eigenvalue weighted by Crippen LogP contribution is 2.21. The van der Waals surface area contributed by atoms with Gasteiger partial charge in [0.15, 0.2) is 0 Å². The van der Waals surface area contributed by atoms with E-state index >= 15 is 0 Å². The Kier molecular flexibility index (Phi) is 3.76. The molecule has 2 N–H and O–H groups in total. The quantitative estimate of drug-likeness (QED) is 0.686. The van der Waals surface area contributed by atoms with Crippen molar-refractivity contribution in [1.29, 1.82) is 0 Å². The fourth-order valence-electron chi connectivity index (χ4n) is 1.59. The van der Waals surface area contributed by atoms with Gasteiger partial charge in [-0.2, -0.15) is 12.7 Å². The number of ether oxygens (including phenoxy) is 1. The minimum atomic E-state index is -3.92. The van der Waals surface area contributed by atoms with Crippen LogP contribution < -0.4 is 4.72 Å². The molecule has 0 saturated carbocycles. The molecule has 1 rings (SSSR count). The average Bonchev–Trinajstić information content (AvgIpc) is 2.15. The van der Waals surface area contributed by atoms with Crippen LogP contribution in [0.15, 0.2) is 0 Å². The minimum absolute atomic E-state index is 0.0284. The second-order valence-corrected chi connectivity index (χ2v) is 5.70. The monoisotopic (exact) mass is 252 g/mol. The van der Waals surface area contributed by atoms with Crippen molar-refractivity contribution in [3.8, 4) is 0 Å². The summed E-state index contributed by atoms with van der Waals surface area (Å²) in [4.78, 5) is 10.8. The predicted octanol–water partition coefficient (Wildman–Crippen LogP) is -0.566. The summed E-state index contributed by atoms with van der Waals surface area (Å²) in [5.41, 5.74) is -1.05. The third-order valence-electron chi connectivity index (χ3n) is 2.38. The number of hydrogen-bond donors (Lipinski definition) is 2. The number of rotatable bonds is 2. The van der Waals surface area contributed by atoms with Crippen LogP contribution in [0.1, 0.15) is 19.8 Å². The molecule has 16 heavy (non-hydrogen) atoms. The number of aliphatic hydroxyl groups is 1. The van der Waals surface area contributed by atoms with Gasteiger partial charge in [0.1, 0.15) is 0 Å². The van der Waals surface area contributed by atoms with Crippen LogP contribution in [-0.2, 0) is 14.9 Å². The van der Waals surface area contributed by atoms with Gasteiger partial charge in [-0.05, 0) is 19.8 Å². The number of nitrogens with one attached hydrogen (secondary N) is 1. The van der Waals surface area contributed by atoms with Gasteiger partial charge < -0.3 is 9.84 Å². The molecular weight excluding hydrogens is 236 g/mol. The third kappa shape index (κ3) is 3.32. The van der Waals surface area contributed by atoms with Crippen molar-refractivity contribution in [2.45, 2.75) is 25.4 Å². The Morgan fingerprint density at radius 1 is 1.56 bits per heavy atom. The zero-order valence-corrected chi connectivity index (χ0v) is 10.1. The minimum Gasteiger partial charge on any atom is -0.452 e. The molecule has 1 fully saturated rings. The first-order valence-electron chi connectivity index (χ1n) is 4.85. The maximum atomic E-state index is 11.6. The van der Waals surface area contributed by atoms with E-state index in [0.29, 0.717) is 12.8 Å². The molecular formula is C8H16N2O5S. The lowest BCUT2D eigenvalue weighted by Gasteiger charge is -2.35. The fourth-order valence-corrected chi connectivity index (χ4v) is 2.83. The zero-order valence-electron chi connectivity index (χ0n) is 9.26. The molecule has 1 atom stereocenters. The summed E-state index contributed by atoms with van der Waals surface area (Å²) in [6, 6.07) is 0. The van der Waals surface area contributed by atoms with E-state index in [2.05, 4.69) is 4.74 Å². The van der Waals surface area contributed by atoms with E-state index in [1.165, 1.54) is 0 Å². The molecule has 1 saturated heterocycles. The lowest BCUT2D eigenvalue weighted by atomic mass is 9.97. The van der Waals surface area contributed by atoms with E-state index in [9.17, 15) is 18.3 Å². The molecule has 1 amide bonds. The Hall–Kier alpha value is -0.860. The van der Waals surface area contributed by atoms with Crippen molar-refractivity contribution in [2.24, 2.45) is 0 Å². The summed E-state index contributed by atoms with van der Waals surface area (Å²) in [5, 5.41) is 9.75. The van der Waals surface area contributed by atoms with Gasteiger partial charge in [-0.15, -0.1) is 0 Å². The van der Waals surface area contributed by atoms with Crippen molar-refractivity contribution in [3.63, 3.8) is 0 Å². The van der Waals surface area contributed by atoms with E-state index in [1.807, 2.05) is 0 Å². The van der Waals surface area contributed by atoms with Crippen LogP contribution in [0, 0.1) is 0 Å². The van der Waals surface area contributed by atoms with Crippen molar-refractivity contribution in [2.75, 3.05) is 20.2 Å². The molecule has 0 radical (unpaired) electrons. The molecule has 0 aromatic heterocycles. The molecule has 0 aromatic rings. The Morgan fingerprint density at radius 3 is 2.69 bits per heavy atom. The maximum Gasteiger partial charge on any atom is 0.421 e. The number of methoxy groups -OCH3 is 1. The molecule has 0 aliphatic carbocycles. The van der Waals surface area contributed by atoms with Gasteiger partial charge in [0, 0.05) is 13.1 Å². The van der Waals surface area contributed by atoms with E-state index in [4.69, 9.17) is 0 Å².